The minimum atomic E-state index is -1.47. The molecule has 0 aliphatic carbocycles. The molecule has 1 saturated heterocycles. The highest BCUT2D eigenvalue weighted by Gasteiger charge is 2.45. The zero-order valence-electron chi connectivity index (χ0n) is 9.51. The van der Waals surface area contributed by atoms with Crippen molar-refractivity contribution in [1.82, 2.24) is 5.32 Å². The molecule has 0 aromatic heterocycles. The Balaban J connectivity index is 2.53. The lowest BCUT2D eigenvalue weighted by atomic mass is 9.97. The highest BCUT2D eigenvalue weighted by molar-refractivity contribution is 5.45. The summed E-state index contributed by atoms with van der Waals surface area (Å²) >= 11 is 0. The molecule has 0 spiro atoms. The maximum Gasteiger partial charge on any atom is 0.207 e. The number of hydrogen-bond donors (Lipinski definition) is 4. The molecule has 1 fully saturated rings. The number of nitroso groups, excluding NO2 is 1. The number of carbonyl (C=O) groups is 1. The molecule has 5 atom stereocenters. The second-order valence-electron chi connectivity index (χ2n) is 3.75. The monoisotopic (exact) mass is 264 g/mol. The van der Waals surface area contributed by atoms with E-state index in [1.165, 1.54) is 0 Å². The highest BCUT2D eigenvalue weighted by atomic mass is 16.7. The number of amides is 1. The van der Waals surface area contributed by atoms with Crippen molar-refractivity contribution < 1.29 is 29.6 Å². The molecule has 1 rings (SSSR count). The van der Waals surface area contributed by atoms with E-state index in [2.05, 4.69) is 10.5 Å². The topological polar surface area (TPSA) is 138 Å². The van der Waals surface area contributed by atoms with E-state index < -0.39 is 37.3 Å². The Morgan fingerprint density at radius 3 is 2.67 bits per heavy atom. The van der Waals surface area contributed by atoms with E-state index in [4.69, 9.17) is 14.6 Å². The first-order chi connectivity index (χ1) is 8.65. The van der Waals surface area contributed by atoms with Gasteiger partial charge in [0.15, 0.2) is 6.29 Å². The van der Waals surface area contributed by atoms with E-state index in [0.29, 0.717) is 6.41 Å². The smallest absolute Gasteiger partial charge is 0.207 e. The van der Waals surface area contributed by atoms with Crippen LogP contribution in [0, 0.1) is 4.91 Å². The summed E-state index contributed by atoms with van der Waals surface area (Å²) in [6, 6.07) is -1.25. The average molecular weight is 264 g/mol. The molecule has 1 aliphatic heterocycles. The number of carbonyl (C=O) groups excluding carboxylic acids is 1. The van der Waals surface area contributed by atoms with Crippen molar-refractivity contribution in [3.63, 3.8) is 0 Å². The molecular weight excluding hydrogens is 248 g/mol. The first-order valence-electron chi connectivity index (χ1n) is 5.39. The van der Waals surface area contributed by atoms with E-state index in [1.807, 2.05) is 0 Å². The van der Waals surface area contributed by atoms with E-state index in [9.17, 15) is 19.9 Å². The summed E-state index contributed by atoms with van der Waals surface area (Å²) in [5.74, 6) is 0. The molecule has 9 nitrogen and oxygen atoms in total. The van der Waals surface area contributed by atoms with Crippen LogP contribution in [0.25, 0.3) is 0 Å². The number of aliphatic hydroxyl groups excluding tert-OH is 3. The number of aliphatic hydroxyl groups is 3. The van der Waals surface area contributed by atoms with Crippen molar-refractivity contribution in [3.8, 4) is 0 Å². The normalized spacial score (nSPS) is 36.1. The van der Waals surface area contributed by atoms with Gasteiger partial charge in [-0.05, 0) is 0 Å². The van der Waals surface area contributed by atoms with Crippen molar-refractivity contribution >= 4 is 6.41 Å². The van der Waals surface area contributed by atoms with Gasteiger partial charge in [-0.15, -0.1) is 0 Å². The molecule has 5 unspecified atom stereocenters. The van der Waals surface area contributed by atoms with Gasteiger partial charge in [0.1, 0.15) is 24.4 Å². The van der Waals surface area contributed by atoms with Gasteiger partial charge in [-0.25, -0.2) is 0 Å². The van der Waals surface area contributed by atoms with Gasteiger partial charge in [-0.3, -0.25) is 4.79 Å². The minimum Gasteiger partial charge on any atom is -0.394 e. The van der Waals surface area contributed by atoms with Gasteiger partial charge >= 0.3 is 0 Å². The Morgan fingerprint density at radius 2 is 2.11 bits per heavy atom. The van der Waals surface area contributed by atoms with Crippen LogP contribution in [0.4, 0.5) is 0 Å². The van der Waals surface area contributed by atoms with Crippen LogP contribution in [-0.4, -0.2) is 72.1 Å². The number of ether oxygens (including phenoxy) is 2. The van der Waals surface area contributed by atoms with Crippen LogP contribution in [-0.2, 0) is 14.3 Å². The minimum absolute atomic E-state index is 0.0462. The average Bonchev–Trinajstić information content (AvgIpc) is 2.39. The third-order valence-corrected chi connectivity index (χ3v) is 2.58. The quantitative estimate of drug-likeness (QED) is 0.223. The van der Waals surface area contributed by atoms with E-state index in [-0.39, 0.29) is 13.2 Å². The van der Waals surface area contributed by atoms with Crippen LogP contribution >= 0.6 is 0 Å². The van der Waals surface area contributed by atoms with Crippen LogP contribution in [0.2, 0.25) is 0 Å². The Hall–Kier alpha value is -1.13. The molecule has 1 heterocycles. The maximum atomic E-state index is 10.5. The Bertz CT molecular complexity index is 276. The van der Waals surface area contributed by atoms with Crippen molar-refractivity contribution in [2.75, 3.05) is 19.8 Å². The molecule has 0 saturated carbocycles. The number of nitrogens with zero attached hydrogens (tertiary/aromatic N) is 1. The predicted molar refractivity (Wildman–Crippen MR) is 57.4 cm³/mol. The molecular formula is C9H16N2O7. The molecule has 1 aliphatic rings. The summed E-state index contributed by atoms with van der Waals surface area (Å²) in [5, 5.41) is 33.2. The van der Waals surface area contributed by atoms with Gasteiger partial charge in [-0.2, -0.15) is 4.91 Å². The third-order valence-electron chi connectivity index (χ3n) is 2.58. The first-order valence-corrected chi connectivity index (χ1v) is 5.39. The summed E-state index contributed by atoms with van der Waals surface area (Å²) in [6.45, 7) is -0.289. The van der Waals surface area contributed by atoms with Crippen LogP contribution in [0.1, 0.15) is 0 Å². The fraction of sp³-hybridized carbons (Fsp3) is 0.889. The summed E-state index contributed by atoms with van der Waals surface area (Å²) in [6.07, 6.45) is -4.67. The van der Waals surface area contributed by atoms with E-state index >= 15 is 0 Å². The lowest BCUT2D eigenvalue weighted by Gasteiger charge is -2.38. The van der Waals surface area contributed by atoms with Gasteiger partial charge in [-0.1, -0.05) is 5.18 Å². The SMILES string of the molecule is O=CNCCOC1OC(CO)C(N=O)C(O)C1O. The molecule has 0 aromatic carbocycles. The Kier molecular flexibility index (Phi) is 6.09. The van der Waals surface area contributed by atoms with Gasteiger partial charge in [0.2, 0.25) is 6.41 Å². The molecule has 0 radical (unpaired) electrons. The predicted octanol–water partition coefficient (Wildman–Crippen LogP) is -2.68. The second kappa shape index (κ2) is 7.34. The molecule has 0 aromatic rings. The summed E-state index contributed by atoms with van der Waals surface area (Å²) < 4.78 is 10.2. The van der Waals surface area contributed by atoms with Gasteiger partial charge in [0, 0.05) is 6.54 Å². The number of rotatable bonds is 7. The molecule has 9 heteroatoms. The van der Waals surface area contributed by atoms with Crippen molar-refractivity contribution in [2.24, 2.45) is 5.18 Å². The number of hydrogen-bond acceptors (Lipinski definition) is 8. The zero-order valence-corrected chi connectivity index (χ0v) is 9.51. The van der Waals surface area contributed by atoms with Crippen molar-refractivity contribution in [3.05, 3.63) is 4.91 Å². The molecule has 1 amide bonds. The van der Waals surface area contributed by atoms with Gasteiger partial charge < -0.3 is 30.1 Å². The van der Waals surface area contributed by atoms with Gasteiger partial charge in [0.05, 0.1) is 13.2 Å². The summed E-state index contributed by atoms with van der Waals surface area (Å²) in [7, 11) is 0. The van der Waals surface area contributed by atoms with Crippen molar-refractivity contribution in [2.45, 2.75) is 30.6 Å². The third kappa shape index (κ3) is 3.43. The Morgan fingerprint density at radius 1 is 1.39 bits per heavy atom. The fourth-order valence-corrected chi connectivity index (χ4v) is 1.63. The summed E-state index contributed by atoms with van der Waals surface area (Å²) in [5.41, 5.74) is 0. The van der Waals surface area contributed by atoms with Crippen LogP contribution < -0.4 is 5.32 Å². The Labute approximate surface area is 103 Å². The standard InChI is InChI=1S/C9H16N2O7/c12-3-5-6(11-16)7(14)8(15)9(18-5)17-2-1-10-4-13/h4-9,12,14-15H,1-3H2,(H,10,13). The first kappa shape index (κ1) is 14.9. The van der Waals surface area contributed by atoms with Gasteiger partial charge in [0.25, 0.3) is 0 Å². The second-order valence-corrected chi connectivity index (χ2v) is 3.75. The largest absolute Gasteiger partial charge is 0.394 e. The summed E-state index contributed by atoms with van der Waals surface area (Å²) in [4.78, 5) is 20.5. The van der Waals surface area contributed by atoms with Crippen molar-refractivity contribution in [1.29, 1.82) is 0 Å². The van der Waals surface area contributed by atoms with E-state index in [0.717, 1.165) is 0 Å². The maximum absolute atomic E-state index is 10.5. The fourth-order valence-electron chi connectivity index (χ4n) is 1.63. The lowest BCUT2D eigenvalue weighted by Crippen LogP contribution is -2.58. The molecule has 18 heavy (non-hydrogen) atoms. The zero-order chi connectivity index (χ0) is 13.5. The van der Waals surface area contributed by atoms with E-state index in [1.54, 1.807) is 0 Å². The molecule has 104 valence electrons. The molecule has 4 N–H and O–H groups in total. The van der Waals surface area contributed by atoms with Crippen LogP contribution in [0.15, 0.2) is 5.18 Å². The van der Waals surface area contributed by atoms with Crippen LogP contribution in [0.3, 0.4) is 0 Å². The number of nitrogens with one attached hydrogen (secondary N) is 1. The van der Waals surface area contributed by atoms with Crippen LogP contribution in [0.5, 0.6) is 0 Å². The lowest BCUT2D eigenvalue weighted by molar-refractivity contribution is -0.275. The highest BCUT2D eigenvalue weighted by Crippen LogP contribution is 2.23. The molecule has 0 bridgehead atoms.